The van der Waals surface area contributed by atoms with Crippen LogP contribution in [0.15, 0.2) is 24.3 Å². The summed E-state index contributed by atoms with van der Waals surface area (Å²) in [4.78, 5) is 28.7. The van der Waals surface area contributed by atoms with E-state index in [-0.39, 0.29) is 29.5 Å². The van der Waals surface area contributed by atoms with Crippen LogP contribution >= 0.6 is 0 Å². The number of nitrogens with zero attached hydrogens (tertiary/aromatic N) is 4. The Balaban J connectivity index is 1.62. The normalized spacial score (nSPS) is 14.4. The van der Waals surface area contributed by atoms with Gasteiger partial charge in [-0.15, -0.1) is 0 Å². The smallest absolute Gasteiger partial charge is 0.387 e. The molecule has 0 atom stereocenters. The molecule has 0 aliphatic carbocycles. The number of carbonyl (C=O) groups excluding carboxylic acids is 2. The molecule has 0 N–H and O–H groups in total. The van der Waals surface area contributed by atoms with Crippen LogP contribution in [0.2, 0.25) is 0 Å². The number of amides is 2. The van der Waals surface area contributed by atoms with E-state index in [0.717, 1.165) is 17.0 Å². The van der Waals surface area contributed by atoms with Crippen LogP contribution < -0.4 is 4.74 Å². The number of para-hydroxylation sites is 1. The fourth-order valence-corrected chi connectivity index (χ4v) is 3.51. The maximum Gasteiger partial charge on any atom is 0.387 e. The van der Waals surface area contributed by atoms with Gasteiger partial charge in [-0.05, 0) is 26.0 Å². The van der Waals surface area contributed by atoms with Gasteiger partial charge in [0.2, 0.25) is 5.91 Å². The molecule has 1 aromatic heterocycles. The van der Waals surface area contributed by atoms with Gasteiger partial charge < -0.3 is 14.5 Å². The van der Waals surface area contributed by atoms with Crippen molar-refractivity contribution in [3.05, 3.63) is 46.8 Å². The third-order valence-electron chi connectivity index (χ3n) is 5.24. The number of rotatable bonds is 5. The van der Waals surface area contributed by atoms with Crippen molar-refractivity contribution in [2.45, 2.75) is 26.9 Å². The fraction of sp³-hybridized carbons (Fsp3) is 0.450. The van der Waals surface area contributed by atoms with Crippen LogP contribution in [0.4, 0.5) is 8.78 Å². The Labute approximate surface area is 167 Å². The topological polar surface area (TPSA) is 67.7 Å². The maximum absolute atomic E-state index is 12.7. The van der Waals surface area contributed by atoms with Gasteiger partial charge in [0, 0.05) is 44.5 Å². The molecule has 9 heteroatoms. The van der Waals surface area contributed by atoms with Gasteiger partial charge in [0.05, 0.1) is 17.7 Å². The van der Waals surface area contributed by atoms with Gasteiger partial charge >= 0.3 is 6.61 Å². The zero-order valence-corrected chi connectivity index (χ0v) is 16.7. The minimum absolute atomic E-state index is 0.0160. The number of hydrogen-bond acceptors (Lipinski definition) is 4. The maximum atomic E-state index is 12.7. The Hall–Kier alpha value is -2.97. The zero-order chi connectivity index (χ0) is 21.1. The van der Waals surface area contributed by atoms with E-state index < -0.39 is 6.61 Å². The molecule has 3 rings (SSSR count). The number of halogens is 2. The first-order valence-electron chi connectivity index (χ1n) is 9.38. The van der Waals surface area contributed by atoms with Crippen LogP contribution in [0.1, 0.15) is 27.3 Å². The summed E-state index contributed by atoms with van der Waals surface area (Å²) in [6, 6.07) is 5.95. The van der Waals surface area contributed by atoms with Crippen LogP contribution in [0.25, 0.3) is 0 Å². The lowest BCUT2D eigenvalue weighted by Gasteiger charge is -2.35. The second-order valence-corrected chi connectivity index (χ2v) is 7.00. The van der Waals surface area contributed by atoms with Crippen LogP contribution in [0.3, 0.4) is 0 Å². The average molecular weight is 406 g/mol. The Morgan fingerprint density at radius 1 is 1.10 bits per heavy atom. The van der Waals surface area contributed by atoms with Crippen molar-refractivity contribution < 1.29 is 23.1 Å². The average Bonchev–Trinajstić information content (AvgIpc) is 2.93. The first kappa shape index (κ1) is 20.8. The minimum Gasteiger partial charge on any atom is -0.434 e. The molecule has 156 valence electrons. The van der Waals surface area contributed by atoms with Crippen LogP contribution in [-0.4, -0.2) is 64.2 Å². The van der Waals surface area contributed by atoms with Gasteiger partial charge in [0.1, 0.15) is 5.75 Å². The molecule has 0 saturated carbocycles. The predicted molar refractivity (Wildman–Crippen MR) is 102 cm³/mol. The Kier molecular flexibility index (Phi) is 6.14. The summed E-state index contributed by atoms with van der Waals surface area (Å²) in [6.07, 6.45) is 0.268. The predicted octanol–water partition coefficient (Wildman–Crippen LogP) is 2.17. The van der Waals surface area contributed by atoms with E-state index in [1.165, 1.54) is 18.2 Å². The Morgan fingerprint density at radius 3 is 2.31 bits per heavy atom. The van der Waals surface area contributed by atoms with E-state index in [0.29, 0.717) is 26.2 Å². The van der Waals surface area contributed by atoms with Crippen LogP contribution in [0.5, 0.6) is 5.75 Å². The van der Waals surface area contributed by atoms with E-state index in [9.17, 15) is 18.4 Å². The molecule has 0 unspecified atom stereocenters. The molecule has 0 bridgehead atoms. The summed E-state index contributed by atoms with van der Waals surface area (Å²) >= 11 is 0. The number of ether oxygens (including phenoxy) is 1. The fourth-order valence-electron chi connectivity index (χ4n) is 3.51. The van der Waals surface area contributed by atoms with E-state index in [4.69, 9.17) is 0 Å². The molecule has 1 aliphatic rings. The van der Waals surface area contributed by atoms with Crippen molar-refractivity contribution in [2.24, 2.45) is 7.05 Å². The number of carbonyl (C=O) groups is 2. The summed E-state index contributed by atoms with van der Waals surface area (Å²) in [5.74, 6) is -0.543. The highest BCUT2D eigenvalue weighted by Gasteiger charge is 2.27. The molecule has 2 aromatic rings. The molecule has 1 aliphatic heterocycles. The van der Waals surface area contributed by atoms with Crippen molar-refractivity contribution in [3.63, 3.8) is 0 Å². The molecule has 7 nitrogen and oxygen atoms in total. The SMILES string of the molecule is Cc1nn(C)c(C)c1CC(=O)N1CCN(C(=O)c2ccccc2OC(F)F)CC1. The van der Waals surface area contributed by atoms with E-state index >= 15 is 0 Å². The summed E-state index contributed by atoms with van der Waals surface area (Å²) < 4.78 is 31.4. The monoisotopic (exact) mass is 406 g/mol. The molecule has 29 heavy (non-hydrogen) atoms. The number of aryl methyl sites for hydroxylation is 2. The quantitative estimate of drug-likeness (QED) is 0.763. The van der Waals surface area contributed by atoms with Crippen LogP contribution in [-0.2, 0) is 18.3 Å². The van der Waals surface area contributed by atoms with Gasteiger partial charge in [-0.25, -0.2) is 0 Å². The molecule has 1 saturated heterocycles. The van der Waals surface area contributed by atoms with Gasteiger partial charge in [0.25, 0.3) is 5.91 Å². The molecule has 1 fully saturated rings. The molecule has 0 radical (unpaired) electrons. The third kappa shape index (κ3) is 4.55. The Morgan fingerprint density at radius 2 is 1.72 bits per heavy atom. The molecule has 2 amide bonds. The van der Waals surface area contributed by atoms with E-state index in [2.05, 4.69) is 9.84 Å². The largest absolute Gasteiger partial charge is 0.434 e. The van der Waals surface area contributed by atoms with Gasteiger partial charge in [-0.3, -0.25) is 14.3 Å². The lowest BCUT2D eigenvalue weighted by molar-refractivity contribution is -0.132. The molecule has 2 heterocycles. The summed E-state index contributed by atoms with van der Waals surface area (Å²) in [6.45, 7) is 2.25. The third-order valence-corrected chi connectivity index (χ3v) is 5.24. The highest BCUT2D eigenvalue weighted by molar-refractivity contribution is 5.97. The van der Waals surface area contributed by atoms with Crippen LogP contribution in [0, 0.1) is 13.8 Å². The highest BCUT2D eigenvalue weighted by atomic mass is 19.3. The first-order chi connectivity index (χ1) is 13.8. The van der Waals surface area contributed by atoms with Crippen molar-refractivity contribution in [1.29, 1.82) is 0 Å². The van der Waals surface area contributed by atoms with Crippen molar-refractivity contribution in [2.75, 3.05) is 26.2 Å². The minimum atomic E-state index is -3.00. The van der Waals surface area contributed by atoms with Gasteiger partial charge in [-0.1, -0.05) is 12.1 Å². The number of benzene rings is 1. The second kappa shape index (κ2) is 8.59. The molecular weight excluding hydrogens is 382 g/mol. The second-order valence-electron chi connectivity index (χ2n) is 7.00. The van der Waals surface area contributed by atoms with Crippen molar-refractivity contribution in [3.8, 4) is 5.75 Å². The summed E-state index contributed by atoms with van der Waals surface area (Å²) in [7, 11) is 1.84. The van der Waals surface area contributed by atoms with Crippen molar-refractivity contribution in [1.82, 2.24) is 19.6 Å². The molecule has 0 spiro atoms. The van der Waals surface area contributed by atoms with Crippen molar-refractivity contribution >= 4 is 11.8 Å². The lowest BCUT2D eigenvalue weighted by Crippen LogP contribution is -2.51. The van der Waals surface area contributed by atoms with E-state index in [1.54, 1.807) is 20.5 Å². The number of aromatic nitrogens is 2. The highest BCUT2D eigenvalue weighted by Crippen LogP contribution is 2.23. The summed E-state index contributed by atoms with van der Waals surface area (Å²) in [5.41, 5.74) is 2.81. The zero-order valence-electron chi connectivity index (χ0n) is 16.7. The number of alkyl halides is 2. The van der Waals surface area contributed by atoms with Gasteiger partial charge in [-0.2, -0.15) is 13.9 Å². The number of piperazine rings is 1. The summed E-state index contributed by atoms with van der Waals surface area (Å²) in [5, 5.41) is 4.33. The number of hydrogen-bond donors (Lipinski definition) is 0. The molecular formula is C20H24F2N4O3. The first-order valence-corrected chi connectivity index (χ1v) is 9.38. The Bertz CT molecular complexity index is 905. The lowest BCUT2D eigenvalue weighted by atomic mass is 10.1. The molecule has 1 aromatic carbocycles. The van der Waals surface area contributed by atoms with E-state index in [1.807, 2.05) is 20.9 Å². The van der Waals surface area contributed by atoms with Gasteiger partial charge in [0.15, 0.2) is 0 Å². The standard InChI is InChI=1S/C20H24F2N4O3/c1-13-16(14(2)24(3)23-13)12-18(27)25-8-10-26(11-9-25)19(28)15-6-4-5-7-17(15)29-20(21)22/h4-7,20H,8-12H2,1-3H3.